The highest BCUT2D eigenvalue weighted by atomic mass is 35.5. The molecule has 5 heteroatoms. The van der Waals surface area contributed by atoms with Crippen molar-refractivity contribution in [2.75, 3.05) is 10.6 Å². The summed E-state index contributed by atoms with van der Waals surface area (Å²) in [5, 5.41) is 6.81. The van der Waals surface area contributed by atoms with Gasteiger partial charge in [0.15, 0.2) is 0 Å². The van der Waals surface area contributed by atoms with Crippen LogP contribution in [0.1, 0.15) is 16.7 Å². The number of amides is 1. The number of nitrogens with zero attached hydrogens (tertiary/aromatic N) is 1. The number of carbonyl (C=O) groups is 1. The van der Waals surface area contributed by atoms with Gasteiger partial charge in [0.2, 0.25) is 5.91 Å². The molecule has 132 valence electrons. The summed E-state index contributed by atoms with van der Waals surface area (Å²) in [7, 11) is 0. The van der Waals surface area contributed by atoms with E-state index >= 15 is 0 Å². The van der Waals surface area contributed by atoms with Gasteiger partial charge in [0.1, 0.15) is 5.82 Å². The van der Waals surface area contributed by atoms with Crippen molar-refractivity contribution in [3.8, 4) is 0 Å². The summed E-state index contributed by atoms with van der Waals surface area (Å²) >= 11 is 6.14. The number of nitrogens with one attached hydrogen (secondary N) is 2. The summed E-state index contributed by atoms with van der Waals surface area (Å²) in [4.78, 5) is 16.5. The molecule has 0 aliphatic carbocycles. The Hall–Kier alpha value is -2.85. The molecular weight excluding hydrogens is 346 g/mol. The standard InChI is InChI=1S/C21H20ClN3O/c1-15-6-8-16(9-7-15)12-21(26)25-18-10-11-20(24-14-18)23-13-17-4-2-3-5-19(17)22/h2-11,14H,12-13H2,1H3,(H,23,24)(H,25,26). The molecule has 2 aromatic carbocycles. The number of benzene rings is 2. The van der Waals surface area contributed by atoms with E-state index in [2.05, 4.69) is 15.6 Å². The maximum absolute atomic E-state index is 12.1. The second-order valence-electron chi connectivity index (χ2n) is 6.09. The van der Waals surface area contributed by atoms with E-state index in [0.717, 1.165) is 22.0 Å². The number of hydrogen-bond acceptors (Lipinski definition) is 3. The topological polar surface area (TPSA) is 54.0 Å². The van der Waals surface area contributed by atoms with Gasteiger partial charge in [0.25, 0.3) is 0 Å². The van der Waals surface area contributed by atoms with Crippen LogP contribution in [0, 0.1) is 6.92 Å². The van der Waals surface area contributed by atoms with Crippen molar-refractivity contribution >= 4 is 29.0 Å². The maximum atomic E-state index is 12.1. The molecule has 3 rings (SSSR count). The van der Waals surface area contributed by atoms with Crippen LogP contribution in [0.25, 0.3) is 0 Å². The SMILES string of the molecule is Cc1ccc(CC(=O)Nc2ccc(NCc3ccccc3Cl)nc2)cc1. The van der Waals surface area contributed by atoms with Gasteiger partial charge in [-0.1, -0.05) is 59.6 Å². The average Bonchev–Trinajstić information content (AvgIpc) is 2.64. The van der Waals surface area contributed by atoms with Crippen molar-refractivity contribution in [2.45, 2.75) is 19.9 Å². The third kappa shape index (κ3) is 5.07. The summed E-state index contributed by atoms with van der Waals surface area (Å²) < 4.78 is 0. The van der Waals surface area contributed by atoms with Gasteiger partial charge in [-0.05, 0) is 36.2 Å². The first kappa shape index (κ1) is 18.0. The van der Waals surface area contributed by atoms with Crippen molar-refractivity contribution in [3.05, 3.63) is 88.6 Å². The van der Waals surface area contributed by atoms with Gasteiger partial charge in [0.05, 0.1) is 18.3 Å². The van der Waals surface area contributed by atoms with Crippen molar-refractivity contribution in [3.63, 3.8) is 0 Å². The van der Waals surface area contributed by atoms with Crippen LogP contribution in [-0.2, 0) is 17.8 Å². The average molecular weight is 366 g/mol. The summed E-state index contributed by atoms with van der Waals surface area (Å²) in [5.74, 6) is 0.661. The number of hydrogen-bond donors (Lipinski definition) is 2. The first-order chi connectivity index (χ1) is 12.6. The van der Waals surface area contributed by atoms with Crippen LogP contribution in [0.3, 0.4) is 0 Å². The van der Waals surface area contributed by atoms with E-state index in [-0.39, 0.29) is 5.91 Å². The molecule has 0 saturated heterocycles. The van der Waals surface area contributed by atoms with E-state index in [1.54, 1.807) is 6.20 Å². The van der Waals surface area contributed by atoms with Gasteiger partial charge >= 0.3 is 0 Å². The lowest BCUT2D eigenvalue weighted by Crippen LogP contribution is -2.14. The van der Waals surface area contributed by atoms with E-state index in [9.17, 15) is 4.79 Å². The van der Waals surface area contributed by atoms with Gasteiger partial charge < -0.3 is 10.6 Å². The molecule has 4 nitrogen and oxygen atoms in total. The molecule has 1 aromatic heterocycles. The zero-order chi connectivity index (χ0) is 18.4. The summed E-state index contributed by atoms with van der Waals surface area (Å²) in [6, 6.07) is 19.3. The minimum absolute atomic E-state index is 0.0626. The highest BCUT2D eigenvalue weighted by Gasteiger charge is 2.05. The Morgan fingerprint density at radius 2 is 1.81 bits per heavy atom. The molecule has 0 bridgehead atoms. The molecule has 0 fully saturated rings. The second-order valence-corrected chi connectivity index (χ2v) is 6.49. The highest BCUT2D eigenvalue weighted by Crippen LogP contribution is 2.17. The fourth-order valence-electron chi connectivity index (χ4n) is 2.50. The van der Waals surface area contributed by atoms with Gasteiger partial charge in [-0.25, -0.2) is 4.98 Å². The molecule has 26 heavy (non-hydrogen) atoms. The fraction of sp³-hybridized carbons (Fsp3) is 0.143. The summed E-state index contributed by atoms with van der Waals surface area (Å²) in [5.41, 5.74) is 3.84. The Bertz CT molecular complexity index is 877. The van der Waals surface area contributed by atoms with Gasteiger partial charge in [-0.2, -0.15) is 0 Å². The third-order valence-electron chi connectivity index (χ3n) is 3.95. The minimum Gasteiger partial charge on any atom is -0.366 e. The Morgan fingerprint density at radius 1 is 1.04 bits per heavy atom. The molecule has 0 radical (unpaired) electrons. The zero-order valence-electron chi connectivity index (χ0n) is 14.5. The largest absolute Gasteiger partial charge is 0.366 e. The molecule has 0 aliphatic rings. The number of aryl methyl sites for hydroxylation is 1. The monoisotopic (exact) mass is 365 g/mol. The van der Waals surface area contributed by atoms with E-state index < -0.39 is 0 Å². The van der Waals surface area contributed by atoms with Crippen molar-refractivity contribution in [2.24, 2.45) is 0 Å². The maximum Gasteiger partial charge on any atom is 0.228 e. The lowest BCUT2D eigenvalue weighted by Gasteiger charge is -2.09. The predicted octanol–water partition coefficient (Wildman–Crippen LogP) is 4.84. The lowest BCUT2D eigenvalue weighted by atomic mass is 10.1. The first-order valence-corrected chi connectivity index (χ1v) is 8.77. The zero-order valence-corrected chi connectivity index (χ0v) is 15.3. The molecule has 1 amide bonds. The normalized spacial score (nSPS) is 10.4. The molecule has 1 heterocycles. The summed E-state index contributed by atoms with van der Waals surface area (Å²) in [6.45, 7) is 2.61. The van der Waals surface area contributed by atoms with Gasteiger partial charge in [0, 0.05) is 11.6 Å². The molecule has 0 unspecified atom stereocenters. The molecule has 0 aliphatic heterocycles. The Balaban J connectivity index is 1.53. The molecule has 0 saturated carbocycles. The van der Waals surface area contributed by atoms with Crippen LogP contribution in [0.4, 0.5) is 11.5 Å². The van der Waals surface area contributed by atoms with Gasteiger partial charge in [-0.15, -0.1) is 0 Å². The second kappa shape index (κ2) is 8.50. The number of rotatable bonds is 6. The first-order valence-electron chi connectivity index (χ1n) is 8.39. The third-order valence-corrected chi connectivity index (χ3v) is 4.32. The van der Waals surface area contributed by atoms with Crippen LogP contribution < -0.4 is 10.6 Å². The van der Waals surface area contributed by atoms with E-state index in [4.69, 9.17) is 11.6 Å². The van der Waals surface area contributed by atoms with Crippen molar-refractivity contribution < 1.29 is 4.79 Å². The number of halogens is 1. The minimum atomic E-state index is -0.0626. The number of pyridine rings is 1. The molecule has 0 spiro atoms. The van der Waals surface area contributed by atoms with Crippen LogP contribution in [0.15, 0.2) is 66.9 Å². The van der Waals surface area contributed by atoms with Gasteiger partial charge in [-0.3, -0.25) is 4.79 Å². The van der Waals surface area contributed by atoms with Crippen LogP contribution in [0.2, 0.25) is 5.02 Å². The van der Waals surface area contributed by atoms with Crippen LogP contribution in [-0.4, -0.2) is 10.9 Å². The molecular formula is C21H20ClN3O. The van der Waals surface area contributed by atoms with E-state index in [1.807, 2.05) is 67.6 Å². The van der Waals surface area contributed by atoms with Crippen molar-refractivity contribution in [1.82, 2.24) is 4.98 Å². The van der Waals surface area contributed by atoms with E-state index in [1.165, 1.54) is 5.56 Å². The number of aromatic nitrogens is 1. The summed E-state index contributed by atoms with van der Waals surface area (Å²) in [6.07, 6.45) is 1.98. The van der Waals surface area contributed by atoms with E-state index in [0.29, 0.717) is 18.7 Å². The molecule has 0 atom stereocenters. The fourth-order valence-corrected chi connectivity index (χ4v) is 2.70. The Kier molecular flexibility index (Phi) is 5.87. The Morgan fingerprint density at radius 3 is 2.50 bits per heavy atom. The number of carbonyl (C=O) groups excluding carboxylic acids is 1. The molecule has 3 aromatic rings. The predicted molar refractivity (Wildman–Crippen MR) is 107 cm³/mol. The Labute approximate surface area is 158 Å². The number of anilines is 2. The van der Waals surface area contributed by atoms with Crippen molar-refractivity contribution in [1.29, 1.82) is 0 Å². The highest BCUT2D eigenvalue weighted by molar-refractivity contribution is 6.31. The molecule has 2 N–H and O–H groups in total. The smallest absolute Gasteiger partial charge is 0.228 e. The quantitative estimate of drug-likeness (QED) is 0.657. The van der Waals surface area contributed by atoms with Crippen LogP contribution >= 0.6 is 11.6 Å². The van der Waals surface area contributed by atoms with Crippen LogP contribution in [0.5, 0.6) is 0 Å². The lowest BCUT2D eigenvalue weighted by molar-refractivity contribution is -0.115.